The molecule has 2 aliphatic rings. The number of carbonyl (C=O) groups is 2. The number of carbonyl (C=O) groups excluding carboxylic acids is 2. The van der Waals surface area contributed by atoms with Crippen LogP contribution in [0.5, 0.6) is 0 Å². The van der Waals surface area contributed by atoms with Crippen LogP contribution in [0.4, 0.5) is 11.4 Å². The zero-order valence-electron chi connectivity index (χ0n) is 15.5. The maximum absolute atomic E-state index is 12.8. The lowest BCUT2D eigenvalue weighted by atomic mass is 9.54. The molecule has 3 rings (SSSR count). The van der Waals surface area contributed by atoms with Crippen LogP contribution in [0.1, 0.15) is 40.0 Å². The third kappa shape index (κ3) is 3.72. The van der Waals surface area contributed by atoms with E-state index >= 15 is 0 Å². The van der Waals surface area contributed by atoms with E-state index < -0.39 is 11.0 Å². The number of benzene rings is 1. The maximum Gasteiger partial charge on any atom is 0.245 e. The second kappa shape index (κ2) is 7.55. The van der Waals surface area contributed by atoms with Gasteiger partial charge in [-0.15, -0.1) is 12.4 Å². The molecule has 2 fully saturated rings. The summed E-state index contributed by atoms with van der Waals surface area (Å²) >= 11 is 0. The first-order valence-corrected chi connectivity index (χ1v) is 8.91. The van der Waals surface area contributed by atoms with Crippen LogP contribution in [0.2, 0.25) is 0 Å². The van der Waals surface area contributed by atoms with E-state index in [2.05, 4.69) is 10.6 Å². The zero-order valence-corrected chi connectivity index (χ0v) is 16.3. The standard InChI is InChI=1S/C19H27N3O3.ClH/c1-4-25-15-11-19(20,18(15,2)3)17(24)22-14-7-5-6-13(10-14)21-16(23)12-8-9-12;/h5-7,10,12,15H,4,8-9,11,20H2,1-3H3,(H,21,23)(H,22,24);1H. The van der Waals surface area contributed by atoms with E-state index in [1.54, 1.807) is 18.2 Å². The van der Waals surface area contributed by atoms with Crippen molar-refractivity contribution in [3.8, 4) is 0 Å². The van der Waals surface area contributed by atoms with Crippen molar-refractivity contribution < 1.29 is 14.3 Å². The quantitative estimate of drug-likeness (QED) is 0.706. The Morgan fingerprint density at radius 1 is 1.23 bits per heavy atom. The number of halogens is 1. The Hall–Kier alpha value is -1.63. The molecule has 26 heavy (non-hydrogen) atoms. The molecule has 2 aliphatic carbocycles. The summed E-state index contributed by atoms with van der Waals surface area (Å²) in [6.07, 6.45) is 2.39. The van der Waals surface area contributed by atoms with Crippen LogP contribution >= 0.6 is 12.4 Å². The highest BCUT2D eigenvalue weighted by molar-refractivity contribution is 6.00. The number of amides is 2. The van der Waals surface area contributed by atoms with Crippen LogP contribution in [-0.2, 0) is 14.3 Å². The van der Waals surface area contributed by atoms with E-state index in [1.807, 2.05) is 26.8 Å². The normalized spacial score (nSPS) is 26.2. The molecule has 2 atom stereocenters. The highest BCUT2D eigenvalue weighted by Gasteiger charge is 2.62. The Bertz CT molecular complexity index is 690. The van der Waals surface area contributed by atoms with Gasteiger partial charge in [0.1, 0.15) is 5.54 Å². The van der Waals surface area contributed by atoms with E-state index in [0.717, 1.165) is 12.8 Å². The monoisotopic (exact) mass is 381 g/mol. The summed E-state index contributed by atoms with van der Waals surface area (Å²) in [5, 5.41) is 5.77. The Kier molecular flexibility index (Phi) is 6.00. The van der Waals surface area contributed by atoms with Gasteiger partial charge in [-0.2, -0.15) is 0 Å². The highest BCUT2D eigenvalue weighted by Crippen LogP contribution is 2.50. The van der Waals surface area contributed by atoms with E-state index in [4.69, 9.17) is 10.5 Å². The molecule has 6 nitrogen and oxygen atoms in total. The first kappa shape index (κ1) is 20.7. The first-order valence-electron chi connectivity index (χ1n) is 8.91. The van der Waals surface area contributed by atoms with Gasteiger partial charge in [0.15, 0.2) is 0 Å². The van der Waals surface area contributed by atoms with Gasteiger partial charge in [-0.05, 0) is 38.0 Å². The van der Waals surface area contributed by atoms with Gasteiger partial charge in [-0.3, -0.25) is 9.59 Å². The van der Waals surface area contributed by atoms with Gasteiger partial charge < -0.3 is 21.1 Å². The predicted molar refractivity (Wildman–Crippen MR) is 104 cm³/mol. The molecule has 2 saturated carbocycles. The number of nitrogens with one attached hydrogen (secondary N) is 2. The van der Waals surface area contributed by atoms with Gasteiger partial charge in [0.25, 0.3) is 0 Å². The summed E-state index contributed by atoms with van der Waals surface area (Å²) in [5.74, 6) is -0.0468. The molecule has 2 amide bonds. The fourth-order valence-corrected chi connectivity index (χ4v) is 3.33. The molecule has 0 bridgehead atoms. The molecule has 0 aromatic heterocycles. The molecule has 0 heterocycles. The molecule has 0 saturated heterocycles. The number of ether oxygens (including phenoxy) is 1. The largest absolute Gasteiger partial charge is 0.378 e. The van der Waals surface area contributed by atoms with Crippen LogP contribution in [0.15, 0.2) is 24.3 Å². The molecule has 0 spiro atoms. The number of rotatable bonds is 6. The number of anilines is 2. The predicted octanol–water partition coefficient (Wildman–Crippen LogP) is 2.93. The Morgan fingerprint density at radius 3 is 2.38 bits per heavy atom. The first-order chi connectivity index (χ1) is 11.8. The van der Waals surface area contributed by atoms with E-state index in [0.29, 0.717) is 24.4 Å². The lowest BCUT2D eigenvalue weighted by Gasteiger charge is -2.57. The van der Waals surface area contributed by atoms with Crippen LogP contribution in [0, 0.1) is 11.3 Å². The summed E-state index contributed by atoms with van der Waals surface area (Å²) in [6, 6.07) is 7.16. The van der Waals surface area contributed by atoms with Crippen molar-refractivity contribution in [1.29, 1.82) is 0 Å². The van der Waals surface area contributed by atoms with Crippen molar-refractivity contribution >= 4 is 35.6 Å². The summed E-state index contributed by atoms with van der Waals surface area (Å²) in [5.41, 5.74) is 6.29. The van der Waals surface area contributed by atoms with E-state index in [1.165, 1.54) is 0 Å². The van der Waals surface area contributed by atoms with Gasteiger partial charge in [0.05, 0.1) is 6.10 Å². The molecule has 0 radical (unpaired) electrons. The zero-order chi connectivity index (χ0) is 18.2. The second-order valence-electron chi connectivity index (χ2n) is 7.64. The molecule has 1 aromatic rings. The van der Waals surface area contributed by atoms with Crippen LogP contribution in [-0.4, -0.2) is 30.1 Å². The minimum absolute atomic E-state index is 0. The molecular formula is C19H28ClN3O3. The van der Waals surface area contributed by atoms with E-state index in [9.17, 15) is 9.59 Å². The Labute approximate surface area is 160 Å². The summed E-state index contributed by atoms with van der Waals surface area (Å²) < 4.78 is 5.67. The highest BCUT2D eigenvalue weighted by atomic mass is 35.5. The van der Waals surface area contributed by atoms with Gasteiger partial charge in [-0.25, -0.2) is 0 Å². The fraction of sp³-hybridized carbons (Fsp3) is 0.579. The van der Waals surface area contributed by atoms with Crippen molar-refractivity contribution in [2.45, 2.75) is 51.7 Å². The molecule has 4 N–H and O–H groups in total. The average molecular weight is 382 g/mol. The number of hydrogen-bond acceptors (Lipinski definition) is 4. The minimum atomic E-state index is -0.972. The molecule has 7 heteroatoms. The SMILES string of the molecule is CCOC1CC(N)(C(=O)Nc2cccc(NC(=O)C3CC3)c2)C1(C)C.Cl. The van der Waals surface area contributed by atoms with Gasteiger partial charge >= 0.3 is 0 Å². The van der Waals surface area contributed by atoms with Gasteiger partial charge in [-0.1, -0.05) is 19.9 Å². The fourth-order valence-electron chi connectivity index (χ4n) is 3.33. The second-order valence-corrected chi connectivity index (χ2v) is 7.64. The molecule has 1 aromatic carbocycles. The topological polar surface area (TPSA) is 93.4 Å². The number of hydrogen-bond donors (Lipinski definition) is 3. The van der Waals surface area contributed by atoms with Gasteiger partial charge in [0, 0.05) is 35.7 Å². The van der Waals surface area contributed by atoms with Crippen molar-refractivity contribution in [3.05, 3.63) is 24.3 Å². The third-order valence-corrected chi connectivity index (χ3v) is 5.57. The van der Waals surface area contributed by atoms with Crippen LogP contribution in [0.3, 0.4) is 0 Å². The maximum atomic E-state index is 12.8. The number of nitrogens with two attached hydrogens (primary N) is 1. The lowest BCUT2D eigenvalue weighted by Crippen LogP contribution is -2.74. The molecule has 144 valence electrons. The Balaban J connectivity index is 0.00000243. The van der Waals surface area contributed by atoms with Crippen molar-refractivity contribution in [1.82, 2.24) is 0 Å². The third-order valence-electron chi connectivity index (χ3n) is 5.57. The molecular weight excluding hydrogens is 354 g/mol. The minimum Gasteiger partial charge on any atom is -0.378 e. The smallest absolute Gasteiger partial charge is 0.245 e. The van der Waals surface area contributed by atoms with Gasteiger partial charge in [0.2, 0.25) is 11.8 Å². The summed E-state index contributed by atoms with van der Waals surface area (Å²) in [7, 11) is 0. The van der Waals surface area contributed by atoms with E-state index in [-0.39, 0.29) is 36.2 Å². The average Bonchev–Trinajstić information content (AvgIpc) is 3.39. The van der Waals surface area contributed by atoms with Crippen molar-refractivity contribution in [2.75, 3.05) is 17.2 Å². The molecule has 0 aliphatic heterocycles. The lowest BCUT2D eigenvalue weighted by molar-refractivity contribution is -0.166. The van der Waals surface area contributed by atoms with Crippen molar-refractivity contribution in [3.63, 3.8) is 0 Å². The molecule has 2 unspecified atom stereocenters. The van der Waals surface area contributed by atoms with Crippen molar-refractivity contribution in [2.24, 2.45) is 17.1 Å². The Morgan fingerprint density at radius 2 is 1.85 bits per heavy atom. The summed E-state index contributed by atoms with van der Waals surface area (Å²) in [4.78, 5) is 24.6. The van der Waals surface area contributed by atoms with Crippen LogP contribution < -0.4 is 16.4 Å². The van der Waals surface area contributed by atoms with Crippen LogP contribution in [0.25, 0.3) is 0 Å². The summed E-state index contributed by atoms with van der Waals surface area (Å²) in [6.45, 7) is 6.47.